The van der Waals surface area contributed by atoms with E-state index in [4.69, 9.17) is 11.0 Å². The highest BCUT2D eigenvalue weighted by Crippen LogP contribution is 2.45. The van der Waals surface area contributed by atoms with Gasteiger partial charge in [-0.15, -0.1) is 0 Å². The van der Waals surface area contributed by atoms with E-state index in [1.807, 2.05) is 42.5 Å². The molecular weight excluding hydrogens is 404 g/mol. The molecule has 3 aromatic carbocycles. The van der Waals surface area contributed by atoms with Crippen molar-refractivity contribution < 1.29 is 8.98 Å². The van der Waals surface area contributed by atoms with Gasteiger partial charge in [0.15, 0.2) is 11.9 Å². The van der Waals surface area contributed by atoms with Gasteiger partial charge in [0.2, 0.25) is 5.69 Å². The predicted octanol–water partition coefficient (Wildman–Crippen LogP) is 8.04. The van der Waals surface area contributed by atoms with Crippen molar-refractivity contribution in [2.24, 2.45) is 7.05 Å². The second-order valence-corrected chi connectivity index (χ2v) is 9.12. The van der Waals surface area contributed by atoms with Crippen LogP contribution in [-0.4, -0.2) is 0 Å². The zero-order valence-corrected chi connectivity index (χ0v) is 19.7. The lowest BCUT2D eigenvalue weighted by Crippen LogP contribution is -2.31. The lowest BCUT2D eigenvalue weighted by atomic mass is 9.95. The first-order valence-corrected chi connectivity index (χ1v) is 11.3. The highest BCUT2D eigenvalue weighted by atomic mass is 16.3. The van der Waals surface area contributed by atoms with Crippen molar-refractivity contribution in [2.45, 2.75) is 33.6 Å². The zero-order valence-electron chi connectivity index (χ0n) is 19.7. The second kappa shape index (κ2) is 7.90. The van der Waals surface area contributed by atoms with Crippen LogP contribution in [-0.2, 0) is 7.05 Å². The van der Waals surface area contributed by atoms with E-state index in [1.165, 1.54) is 16.7 Å². The molecular formula is C30H27N2O+. The van der Waals surface area contributed by atoms with Gasteiger partial charge in [-0.2, -0.15) is 0 Å². The summed E-state index contributed by atoms with van der Waals surface area (Å²) >= 11 is 0. The lowest BCUT2D eigenvalue weighted by Gasteiger charge is -2.10. The minimum absolute atomic E-state index is 0.469. The van der Waals surface area contributed by atoms with Crippen LogP contribution in [0.4, 0.5) is 5.69 Å². The Morgan fingerprint density at radius 1 is 0.879 bits per heavy atom. The largest absolute Gasteiger partial charge is 0.456 e. The fourth-order valence-electron chi connectivity index (χ4n) is 4.89. The number of hydrogen-bond acceptors (Lipinski definition) is 1. The Balaban J connectivity index is 1.90. The van der Waals surface area contributed by atoms with Crippen LogP contribution in [0.1, 0.15) is 36.5 Å². The molecule has 5 aromatic rings. The first kappa shape index (κ1) is 21.0. The number of aromatic nitrogens is 1. The summed E-state index contributed by atoms with van der Waals surface area (Å²) in [5.41, 5.74) is 10.0. The molecule has 33 heavy (non-hydrogen) atoms. The van der Waals surface area contributed by atoms with Crippen molar-refractivity contribution in [1.82, 2.24) is 0 Å². The van der Waals surface area contributed by atoms with Crippen molar-refractivity contribution in [1.29, 1.82) is 0 Å². The van der Waals surface area contributed by atoms with Gasteiger partial charge in [-0.3, -0.25) is 0 Å². The molecule has 2 aromatic heterocycles. The van der Waals surface area contributed by atoms with Crippen molar-refractivity contribution in [3.8, 4) is 22.4 Å². The molecule has 0 N–H and O–H groups in total. The maximum atomic E-state index is 7.76. The molecule has 0 aliphatic carbocycles. The highest BCUT2D eigenvalue weighted by Gasteiger charge is 2.24. The molecule has 0 saturated heterocycles. The van der Waals surface area contributed by atoms with Crippen molar-refractivity contribution in [3.63, 3.8) is 0 Å². The maximum Gasteiger partial charge on any atom is 0.216 e. The average molecular weight is 432 g/mol. The van der Waals surface area contributed by atoms with Crippen molar-refractivity contribution in [3.05, 3.63) is 95.0 Å². The number of pyridine rings is 1. The second-order valence-electron chi connectivity index (χ2n) is 9.12. The zero-order chi connectivity index (χ0) is 23.3. The van der Waals surface area contributed by atoms with Crippen LogP contribution >= 0.6 is 0 Å². The van der Waals surface area contributed by atoms with E-state index in [-0.39, 0.29) is 0 Å². The van der Waals surface area contributed by atoms with Crippen LogP contribution in [0.15, 0.2) is 71.3 Å². The van der Waals surface area contributed by atoms with Gasteiger partial charge < -0.3 is 4.42 Å². The van der Waals surface area contributed by atoms with Crippen LogP contribution in [0.5, 0.6) is 0 Å². The van der Waals surface area contributed by atoms with E-state index in [9.17, 15) is 0 Å². The van der Waals surface area contributed by atoms with Crippen LogP contribution in [0.2, 0.25) is 0 Å². The molecule has 0 fully saturated rings. The van der Waals surface area contributed by atoms with Gasteiger partial charge in [0.25, 0.3) is 0 Å². The Morgan fingerprint density at radius 3 is 2.30 bits per heavy atom. The van der Waals surface area contributed by atoms with Gasteiger partial charge in [-0.05, 0) is 42.5 Å². The molecule has 5 rings (SSSR count). The van der Waals surface area contributed by atoms with E-state index in [2.05, 4.69) is 68.6 Å². The molecule has 0 aliphatic rings. The molecule has 3 nitrogen and oxygen atoms in total. The predicted molar refractivity (Wildman–Crippen MR) is 136 cm³/mol. The molecule has 162 valence electrons. The summed E-state index contributed by atoms with van der Waals surface area (Å²) in [5, 5.41) is 2.17. The third-order valence-electron chi connectivity index (χ3n) is 6.55. The number of hydrogen-bond donors (Lipinski definition) is 0. The summed E-state index contributed by atoms with van der Waals surface area (Å²) in [4.78, 5) is 3.81. The highest BCUT2D eigenvalue weighted by molar-refractivity contribution is 6.16. The number of benzene rings is 3. The number of nitrogens with zero attached hydrogens (tertiary/aromatic N) is 2. The molecule has 0 saturated carbocycles. The molecule has 0 aliphatic heterocycles. The molecule has 0 amide bonds. The average Bonchev–Trinajstić information content (AvgIpc) is 3.19. The molecule has 0 bridgehead atoms. The molecule has 0 radical (unpaired) electrons. The molecule has 0 spiro atoms. The number of furan rings is 1. The SMILES string of the molecule is [C-]#[N+]c1ccc2c(oc3c(-c4ccc(C(C)C)c[n+]4C)c(C)cc(C)c32)c1-c1ccccc1. The van der Waals surface area contributed by atoms with Gasteiger partial charge in [-0.25, -0.2) is 9.41 Å². The van der Waals surface area contributed by atoms with Gasteiger partial charge in [0.1, 0.15) is 18.2 Å². The fourth-order valence-corrected chi connectivity index (χ4v) is 4.89. The first-order valence-electron chi connectivity index (χ1n) is 11.3. The molecule has 0 atom stereocenters. The lowest BCUT2D eigenvalue weighted by molar-refractivity contribution is -0.660. The van der Waals surface area contributed by atoms with Crippen molar-refractivity contribution >= 4 is 27.6 Å². The smallest absolute Gasteiger partial charge is 0.216 e. The van der Waals surface area contributed by atoms with Crippen LogP contribution in [0.3, 0.4) is 0 Å². The summed E-state index contributed by atoms with van der Waals surface area (Å²) in [6, 6.07) is 20.7. The minimum atomic E-state index is 0.469. The quantitative estimate of drug-likeness (QED) is 0.209. The molecule has 3 heteroatoms. The number of rotatable bonds is 3. The summed E-state index contributed by atoms with van der Waals surface area (Å²) in [6.45, 7) is 16.5. The summed E-state index contributed by atoms with van der Waals surface area (Å²) in [7, 11) is 2.10. The van der Waals surface area contributed by atoms with Crippen LogP contribution in [0.25, 0.3) is 49.2 Å². The van der Waals surface area contributed by atoms with E-state index >= 15 is 0 Å². The van der Waals surface area contributed by atoms with Gasteiger partial charge in [-0.1, -0.05) is 62.4 Å². The summed E-state index contributed by atoms with van der Waals surface area (Å²) < 4.78 is 8.90. The molecule has 2 heterocycles. The Hall–Kier alpha value is -3.90. The fraction of sp³-hybridized carbons (Fsp3) is 0.200. The van der Waals surface area contributed by atoms with E-state index in [0.29, 0.717) is 11.6 Å². The van der Waals surface area contributed by atoms with E-state index < -0.39 is 0 Å². The Kier molecular flexibility index (Phi) is 5.02. The van der Waals surface area contributed by atoms with E-state index in [0.717, 1.165) is 44.3 Å². The third-order valence-corrected chi connectivity index (χ3v) is 6.55. The Morgan fingerprint density at radius 2 is 1.64 bits per heavy atom. The first-order chi connectivity index (χ1) is 15.9. The van der Waals surface area contributed by atoms with Crippen LogP contribution in [0, 0.1) is 20.4 Å². The van der Waals surface area contributed by atoms with Crippen LogP contribution < -0.4 is 4.57 Å². The van der Waals surface area contributed by atoms with Gasteiger partial charge >= 0.3 is 0 Å². The normalized spacial score (nSPS) is 11.4. The standard InChI is InChI=1S/C30H27N2O/c1-18(2)22-12-15-25(32(6)17-22)27-20(4)16-19(3)26-23-13-14-24(31-5)28(29(23)33-30(26)27)21-10-8-7-9-11-21/h7-18H,1-4,6H3/q+1. The van der Waals surface area contributed by atoms with Gasteiger partial charge in [0.05, 0.1) is 12.1 Å². The minimum Gasteiger partial charge on any atom is -0.456 e. The maximum absolute atomic E-state index is 7.76. The summed E-state index contributed by atoms with van der Waals surface area (Å²) in [6.07, 6.45) is 2.21. The van der Waals surface area contributed by atoms with Gasteiger partial charge in [0, 0.05) is 28.0 Å². The Bertz CT molecular complexity index is 1570. The third kappa shape index (κ3) is 3.31. The van der Waals surface area contributed by atoms with Crippen molar-refractivity contribution in [2.75, 3.05) is 0 Å². The molecule has 0 unspecified atom stereocenters. The summed E-state index contributed by atoms with van der Waals surface area (Å²) in [5.74, 6) is 0.469. The monoisotopic (exact) mass is 431 g/mol. The number of fused-ring (bicyclic) bond motifs is 3. The number of aryl methyl sites for hydroxylation is 3. The van der Waals surface area contributed by atoms with E-state index in [1.54, 1.807) is 0 Å². The Labute approximate surface area is 194 Å². The topological polar surface area (TPSA) is 21.4 Å².